The van der Waals surface area contributed by atoms with Crippen LogP contribution in [0.5, 0.6) is 0 Å². The zero-order valence-corrected chi connectivity index (χ0v) is 16.0. The van der Waals surface area contributed by atoms with Gasteiger partial charge in [0.15, 0.2) is 0 Å². The van der Waals surface area contributed by atoms with Crippen LogP contribution < -0.4 is 5.32 Å². The number of nitrogens with zero attached hydrogens (tertiary/aromatic N) is 3. The number of aliphatic carboxylic acids is 1. The van der Waals surface area contributed by atoms with E-state index in [1.54, 1.807) is 16.8 Å². The first-order valence-corrected chi connectivity index (χ1v) is 8.87. The molecule has 1 unspecified atom stereocenters. The highest BCUT2D eigenvalue weighted by Gasteiger charge is 2.19. The van der Waals surface area contributed by atoms with E-state index in [1.165, 1.54) is 0 Å². The molecule has 2 heterocycles. The normalized spacial score (nSPS) is 12.3. The highest BCUT2D eigenvalue weighted by molar-refractivity contribution is 5.95. The number of fused-ring (bicyclic) bond motifs is 1. The molecule has 7 heteroatoms. The van der Waals surface area contributed by atoms with Crippen LogP contribution in [0.25, 0.3) is 10.9 Å². The van der Waals surface area contributed by atoms with Crippen LogP contribution in [0.3, 0.4) is 0 Å². The largest absolute Gasteiger partial charge is 0.480 e. The number of carbonyl (C=O) groups is 2. The maximum Gasteiger partial charge on any atom is 0.323 e. The third-order valence-corrected chi connectivity index (χ3v) is 4.96. The summed E-state index contributed by atoms with van der Waals surface area (Å²) in [5.74, 6) is -1.14. The predicted molar refractivity (Wildman–Crippen MR) is 104 cm³/mol. The maximum atomic E-state index is 12.6. The van der Waals surface area contributed by atoms with Crippen molar-refractivity contribution >= 4 is 28.5 Å². The van der Waals surface area contributed by atoms with Crippen molar-refractivity contribution in [2.45, 2.75) is 33.7 Å². The Labute approximate surface area is 157 Å². The lowest BCUT2D eigenvalue weighted by Gasteiger charge is -2.13. The van der Waals surface area contributed by atoms with Gasteiger partial charge in [0.2, 0.25) is 5.91 Å². The highest BCUT2D eigenvalue weighted by Crippen LogP contribution is 2.22. The Kier molecular flexibility index (Phi) is 5.03. The van der Waals surface area contributed by atoms with Crippen LogP contribution in [0.1, 0.15) is 23.9 Å². The third kappa shape index (κ3) is 3.86. The van der Waals surface area contributed by atoms with Gasteiger partial charge in [-0.25, -0.2) is 0 Å². The van der Waals surface area contributed by atoms with Crippen LogP contribution in [0.15, 0.2) is 30.5 Å². The molecule has 3 aromatic rings. The molecule has 1 aromatic carbocycles. The van der Waals surface area contributed by atoms with Crippen LogP contribution in [0.4, 0.5) is 5.69 Å². The van der Waals surface area contributed by atoms with E-state index < -0.39 is 5.97 Å². The molecule has 0 aliphatic heterocycles. The van der Waals surface area contributed by atoms with Gasteiger partial charge < -0.3 is 15.0 Å². The number of carbonyl (C=O) groups excluding carboxylic acids is 1. The van der Waals surface area contributed by atoms with Gasteiger partial charge in [0, 0.05) is 41.4 Å². The topological polar surface area (TPSA) is 89.2 Å². The van der Waals surface area contributed by atoms with Crippen LogP contribution in [-0.2, 0) is 29.6 Å². The summed E-state index contributed by atoms with van der Waals surface area (Å²) in [6.07, 6.45) is 2.37. The molecule has 142 valence electrons. The van der Waals surface area contributed by atoms with Crippen molar-refractivity contribution < 1.29 is 14.7 Å². The summed E-state index contributed by atoms with van der Waals surface area (Å²) in [6, 6.07) is 7.33. The van der Waals surface area contributed by atoms with Crippen LogP contribution in [0, 0.1) is 19.8 Å². The number of anilines is 1. The Morgan fingerprint density at radius 1 is 1.26 bits per heavy atom. The number of aryl methyl sites for hydroxylation is 2. The second-order valence-electron chi connectivity index (χ2n) is 6.98. The number of rotatable bonds is 6. The van der Waals surface area contributed by atoms with Gasteiger partial charge in [-0.1, -0.05) is 6.92 Å². The van der Waals surface area contributed by atoms with Crippen molar-refractivity contribution in [1.82, 2.24) is 14.3 Å². The minimum atomic E-state index is -0.889. The molecule has 1 atom stereocenters. The molecule has 1 amide bonds. The van der Waals surface area contributed by atoms with Gasteiger partial charge in [-0.05, 0) is 50.1 Å². The van der Waals surface area contributed by atoms with Crippen molar-refractivity contribution in [3.05, 3.63) is 47.4 Å². The summed E-state index contributed by atoms with van der Waals surface area (Å²) in [5.41, 5.74) is 4.67. The quantitative estimate of drug-likeness (QED) is 0.700. The zero-order valence-electron chi connectivity index (χ0n) is 16.0. The number of benzene rings is 1. The average Bonchev–Trinajstić information content (AvgIpc) is 3.09. The number of hydrogen-bond acceptors (Lipinski definition) is 3. The number of carboxylic acid groups (broad SMARTS) is 1. The Balaban J connectivity index is 1.72. The Hall–Kier alpha value is -3.09. The molecule has 0 spiro atoms. The first-order valence-electron chi connectivity index (χ1n) is 8.87. The molecule has 27 heavy (non-hydrogen) atoms. The molecule has 3 rings (SSSR count). The predicted octanol–water partition coefficient (Wildman–Crippen LogP) is 2.89. The molecule has 0 fully saturated rings. The van der Waals surface area contributed by atoms with Gasteiger partial charge in [0.25, 0.3) is 0 Å². The lowest BCUT2D eigenvalue weighted by molar-refractivity contribution is -0.137. The molecule has 2 N–H and O–H groups in total. The second-order valence-corrected chi connectivity index (χ2v) is 6.98. The van der Waals surface area contributed by atoms with Crippen molar-refractivity contribution in [2.24, 2.45) is 13.0 Å². The maximum absolute atomic E-state index is 12.6. The molecule has 0 aliphatic rings. The van der Waals surface area contributed by atoms with Gasteiger partial charge in [-0.15, -0.1) is 0 Å². The number of aromatic nitrogens is 3. The van der Waals surface area contributed by atoms with E-state index in [9.17, 15) is 9.59 Å². The fourth-order valence-electron chi connectivity index (χ4n) is 3.34. The summed E-state index contributed by atoms with van der Waals surface area (Å²) in [6.45, 7) is 5.79. The molecule has 2 aromatic heterocycles. The highest BCUT2D eigenvalue weighted by atomic mass is 16.4. The number of amides is 1. The zero-order chi connectivity index (χ0) is 19.7. The summed E-state index contributed by atoms with van der Waals surface area (Å²) >= 11 is 0. The van der Waals surface area contributed by atoms with Crippen LogP contribution in [0.2, 0.25) is 0 Å². The molecule has 0 saturated heterocycles. The Bertz CT molecular complexity index is 1020. The molecule has 0 saturated carbocycles. The molecule has 0 aliphatic carbocycles. The molecular formula is C20H24N4O3. The van der Waals surface area contributed by atoms with Gasteiger partial charge >= 0.3 is 5.97 Å². The molecule has 7 nitrogen and oxygen atoms in total. The van der Waals surface area contributed by atoms with E-state index in [-0.39, 0.29) is 18.4 Å². The van der Waals surface area contributed by atoms with Gasteiger partial charge in [-0.2, -0.15) is 5.10 Å². The second kappa shape index (κ2) is 7.26. The van der Waals surface area contributed by atoms with E-state index in [0.717, 1.165) is 27.9 Å². The van der Waals surface area contributed by atoms with Crippen molar-refractivity contribution in [3.63, 3.8) is 0 Å². The van der Waals surface area contributed by atoms with Gasteiger partial charge in [0.1, 0.15) is 6.54 Å². The van der Waals surface area contributed by atoms with Gasteiger partial charge in [0.05, 0.1) is 5.69 Å². The number of nitrogens with one attached hydrogen (secondary N) is 1. The average molecular weight is 368 g/mol. The summed E-state index contributed by atoms with van der Waals surface area (Å²) in [7, 11) is 1.91. The SMILES string of the molecule is Cc1nn(C)c(C)c1CC(C)C(=O)Nc1ccc2c(ccn2CC(=O)O)c1. The fourth-order valence-corrected chi connectivity index (χ4v) is 3.34. The van der Waals surface area contributed by atoms with Crippen molar-refractivity contribution in [1.29, 1.82) is 0 Å². The summed E-state index contributed by atoms with van der Waals surface area (Å²) in [5, 5.41) is 17.2. The van der Waals surface area contributed by atoms with Crippen molar-refractivity contribution in [3.8, 4) is 0 Å². The summed E-state index contributed by atoms with van der Waals surface area (Å²) < 4.78 is 3.50. The van der Waals surface area contributed by atoms with E-state index in [1.807, 2.05) is 50.7 Å². The minimum absolute atomic E-state index is 0.0537. The fraction of sp³-hybridized carbons (Fsp3) is 0.350. The number of hydrogen-bond donors (Lipinski definition) is 2. The number of carboxylic acids is 1. The lowest BCUT2D eigenvalue weighted by Crippen LogP contribution is -2.22. The smallest absolute Gasteiger partial charge is 0.323 e. The molecular weight excluding hydrogens is 344 g/mol. The van der Waals surface area contributed by atoms with Gasteiger partial charge in [-0.3, -0.25) is 14.3 Å². The van der Waals surface area contributed by atoms with E-state index in [2.05, 4.69) is 10.4 Å². The minimum Gasteiger partial charge on any atom is -0.480 e. The standard InChI is InChI=1S/C20H24N4O3/c1-12(9-17-13(2)22-23(4)14(17)3)20(27)21-16-5-6-18-15(10-16)7-8-24(18)11-19(25)26/h5-8,10,12H,9,11H2,1-4H3,(H,21,27)(H,25,26). The monoisotopic (exact) mass is 368 g/mol. The van der Waals surface area contributed by atoms with E-state index in [0.29, 0.717) is 12.1 Å². The lowest BCUT2D eigenvalue weighted by atomic mass is 9.98. The Morgan fingerprint density at radius 3 is 2.63 bits per heavy atom. The first-order chi connectivity index (χ1) is 12.8. The van der Waals surface area contributed by atoms with E-state index in [4.69, 9.17) is 5.11 Å². The Morgan fingerprint density at radius 2 is 2.00 bits per heavy atom. The third-order valence-electron chi connectivity index (χ3n) is 4.96. The summed E-state index contributed by atoms with van der Waals surface area (Å²) in [4.78, 5) is 23.5. The van der Waals surface area contributed by atoms with Crippen LogP contribution >= 0.6 is 0 Å². The van der Waals surface area contributed by atoms with E-state index >= 15 is 0 Å². The first kappa shape index (κ1) is 18.7. The molecule has 0 radical (unpaired) electrons. The van der Waals surface area contributed by atoms with Crippen LogP contribution in [-0.4, -0.2) is 31.3 Å². The molecule has 0 bridgehead atoms. The van der Waals surface area contributed by atoms with Crippen molar-refractivity contribution in [2.75, 3.05) is 5.32 Å².